The summed E-state index contributed by atoms with van der Waals surface area (Å²) in [5.74, 6) is 1.16. The molecule has 1 aliphatic rings. The van der Waals surface area contributed by atoms with Gasteiger partial charge in [0, 0.05) is 25.2 Å². The van der Waals surface area contributed by atoms with Crippen LogP contribution in [0.4, 0.5) is 4.39 Å². The van der Waals surface area contributed by atoms with Gasteiger partial charge in [-0.25, -0.2) is 4.39 Å². The standard InChI is InChI=1S/C20H25FN2O2/c1-24-18-9-8-15(14-19(18)25-2)20(16-6-3-4-7-17(16)21)23-12-5-10-22-11-13-23/h3-4,6-9,14,20,22H,5,10-13H2,1-2H3. The highest BCUT2D eigenvalue weighted by Gasteiger charge is 2.26. The molecular weight excluding hydrogens is 319 g/mol. The summed E-state index contributed by atoms with van der Waals surface area (Å²) in [6, 6.07) is 12.7. The van der Waals surface area contributed by atoms with Crippen LogP contribution in [0.25, 0.3) is 0 Å². The normalized spacial score (nSPS) is 16.9. The highest BCUT2D eigenvalue weighted by molar-refractivity contribution is 5.46. The third-order valence-corrected chi connectivity index (χ3v) is 4.66. The molecule has 0 radical (unpaired) electrons. The van der Waals surface area contributed by atoms with E-state index >= 15 is 0 Å². The van der Waals surface area contributed by atoms with Crippen molar-refractivity contribution in [3.8, 4) is 11.5 Å². The number of hydrogen-bond donors (Lipinski definition) is 1. The van der Waals surface area contributed by atoms with Crippen LogP contribution in [0.2, 0.25) is 0 Å². The van der Waals surface area contributed by atoms with Gasteiger partial charge in [0.05, 0.1) is 20.3 Å². The topological polar surface area (TPSA) is 33.7 Å². The monoisotopic (exact) mass is 344 g/mol. The number of ether oxygens (including phenoxy) is 2. The van der Waals surface area contributed by atoms with Gasteiger partial charge >= 0.3 is 0 Å². The van der Waals surface area contributed by atoms with E-state index in [0.29, 0.717) is 17.1 Å². The lowest BCUT2D eigenvalue weighted by Crippen LogP contribution is -2.33. The average molecular weight is 344 g/mol. The number of hydrogen-bond acceptors (Lipinski definition) is 4. The van der Waals surface area contributed by atoms with E-state index < -0.39 is 0 Å². The Hall–Kier alpha value is -2.11. The van der Waals surface area contributed by atoms with Crippen molar-refractivity contribution >= 4 is 0 Å². The van der Waals surface area contributed by atoms with E-state index in [1.54, 1.807) is 20.3 Å². The van der Waals surface area contributed by atoms with Gasteiger partial charge in [0.25, 0.3) is 0 Å². The molecule has 1 N–H and O–H groups in total. The fourth-order valence-corrected chi connectivity index (χ4v) is 3.43. The second-order valence-electron chi connectivity index (χ2n) is 6.18. The Morgan fingerprint density at radius 1 is 1.00 bits per heavy atom. The van der Waals surface area contributed by atoms with Crippen LogP contribution in [0.15, 0.2) is 42.5 Å². The molecule has 25 heavy (non-hydrogen) atoms. The summed E-state index contributed by atoms with van der Waals surface area (Å²) in [5.41, 5.74) is 1.70. The number of benzene rings is 2. The maximum Gasteiger partial charge on any atom is 0.161 e. The van der Waals surface area contributed by atoms with Gasteiger partial charge in [-0.15, -0.1) is 0 Å². The van der Waals surface area contributed by atoms with Gasteiger partial charge in [0.1, 0.15) is 5.82 Å². The summed E-state index contributed by atoms with van der Waals surface area (Å²) in [6.45, 7) is 3.68. The van der Waals surface area contributed by atoms with Crippen molar-refractivity contribution in [2.75, 3.05) is 40.4 Å². The Bertz CT molecular complexity index is 700. The van der Waals surface area contributed by atoms with Gasteiger partial charge in [0.2, 0.25) is 0 Å². The summed E-state index contributed by atoms with van der Waals surface area (Å²) in [4.78, 5) is 2.33. The maximum absolute atomic E-state index is 14.6. The van der Waals surface area contributed by atoms with Crippen molar-refractivity contribution in [1.82, 2.24) is 10.2 Å². The van der Waals surface area contributed by atoms with Crippen LogP contribution in [-0.4, -0.2) is 45.3 Å². The highest BCUT2D eigenvalue weighted by atomic mass is 19.1. The molecule has 1 saturated heterocycles. The lowest BCUT2D eigenvalue weighted by molar-refractivity contribution is 0.236. The van der Waals surface area contributed by atoms with Gasteiger partial charge in [-0.1, -0.05) is 24.3 Å². The molecule has 1 aliphatic heterocycles. The second kappa shape index (κ2) is 8.32. The van der Waals surface area contributed by atoms with Crippen molar-refractivity contribution in [2.24, 2.45) is 0 Å². The van der Waals surface area contributed by atoms with Gasteiger partial charge in [-0.3, -0.25) is 4.90 Å². The molecule has 0 aromatic heterocycles. The number of methoxy groups -OCH3 is 2. The first-order chi connectivity index (χ1) is 12.2. The minimum Gasteiger partial charge on any atom is -0.493 e. The van der Waals surface area contributed by atoms with Gasteiger partial charge in [-0.05, 0) is 36.7 Å². The SMILES string of the molecule is COc1ccc(C(c2ccccc2F)N2CCCNCC2)cc1OC. The quantitative estimate of drug-likeness (QED) is 0.903. The Kier molecular flexibility index (Phi) is 5.89. The summed E-state index contributed by atoms with van der Waals surface area (Å²) < 4.78 is 25.4. The van der Waals surface area contributed by atoms with Crippen LogP contribution >= 0.6 is 0 Å². The zero-order chi connectivity index (χ0) is 17.6. The van der Waals surface area contributed by atoms with Crippen molar-refractivity contribution < 1.29 is 13.9 Å². The van der Waals surface area contributed by atoms with Crippen LogP contribution in [0.3, 0.4) is 0 Å². The first-order valence-corrected chi connectivity index (χ1v) is 8.65. The molecule has 2 aromatic rings. The van der Waals surface area contributed by atoms with Gasteiger partial charge in [-0.2, -0.15) is 0 Å². The molecule has 1 atom stereocenters. The first kappa shape index (κ1) is 17.7. The van der Waals surface area contributed by atoms with Gasteiger partial charge < -0.3 is 14.8 Å². The van der Waals surface area contributed by atoms with Crippen LogP contribution in [-0.2, 0) is 0 Å². The molecule has 1 unspecified atom stereocenters. The van der Waals surface area contributed by atoms with Crippen molar-refractivity contribution in [3.05, 3.63) is 59.4 Å². The van der Waals surface area contributed by atoms with E-state index in [1.807, 2.05) is 30.3 Å². The average Bonchev–Trinajstić information content (AvgIpc) is 2.92. The predicted octanol–water partition coefficient (Wildman–Crippen LogP) is 3.23. The molecule has 2 aromatic carbocycles. The number of halogens is 1. The van der Waals surface area contributed by atoms with E-state index in [0.717, 1.165) is 38.2 Å². The van der Waals surface area contributed by atoms with E-state index in [1.165, 1.54) is 6.07 Å². The van der Waals surface area contributed by atoms with E-state index in [2.05, 4.69) is 10.2 Å². The molecule has 134 valence electrons. The second-order valence-corrected chi connectivity index (χ2v) is 6.18. The Morgan fingerprint density at radius 3 is 2.56 bits per heavy atom. The molecule has 4 nitrogen and oxygen atoms in total. The summed E-state index contributed by atoms with van der Waals surface area (Å²) in [7, 11) is 3.24. The molecule has 5 heteroatoms. The Morgan fingerprint density at radius 2 is 1.80 bits per heavy atom. The maximum atomic E-state index is 14.6. The fraction of sp³-hybridized carbons (Fsp3) is 0.400. The lowest BCUT2D eigenvalue weighted by Gasteiger charge is -2.32. The minimum atomic E-state index is -0.181. The number of nitrogens with zero attached hydrogens (tertiary/aromatic N) is 1. The van der Waals surface area contributed by atoms with Crippen LogP contribution in [0, 0.1) is 5.82 Å². The third-order valence-electron chi connectivity index (χ3n) is 4.66. The lowest BCUT2D eigenvalue weighted by atomic mass is 9.95. The van der Waals surface area contributed by atoms with Crippen LogP contribution in [0.1, 0.15) is 23.6 Å². The van der Waals surface area contributed by atoms with Crippen molar-refractivity contribution in [1.29, 1.82) is 0 Å². The molecule has 1 heterocycles. The number of rotatable bonds is 5. The van der Waals surface area contributed by atoms with E-state index in [4.69, 9.17) is 9.47 Å². The highest BCUT2D eigenvalue weighted by Crippen LogP contribution is 2.36. The summed E-state index contributed by atoms with van der Waals surface area (Å²) in [5, 5.41) is 3.41. The summed E-state index contributed by atoms with van der Waals surface area (Å²) >= 11 is 0. The predicted molar refractivity (Wildman–Crippen MR) is 96.8 cm³/mol. The molecule has 0 aliphatic carbocycles. The molecule has 0 spiro atoms. The fourth-order valence-electron chi connectivity index (χ4n) is 3.43. The number of nitrogens with one attached hydrogen (secondary N) is 1. The zero-order valence-electron chi connectivity index (χ0n) is 14.8. The summed E-state index contributed by atoms with van der Waals surface area (Å²) in [6.07, 6.45) is 1.04. The van der Waals surface area contributed by atoms with Crippen molar-refractivity contribution in [2.45, 2.75) is 12.5 Å². The molecule has 3 rings (SSSR count). The molecular formula is C20H25FN2O2. The molecule has 1 fully saturated rings. The smallest absolute Gasteiger partial charge is 0.161 e. The minimum absolute atomic E-state index is 0.152. The zero-order valence-corrected chi connectivity index (χ0v) is 14.8. The largest absolute Gasteiger partial charge is 0.493 e. The van der Waals surface area contributed by atoms with E-state index in [9.17, 15) is 4.39 Å². The molecule has 0 amide bonds. The Labute approximate surface area is 148 Å². The van der Waals surface area contributed by atoms with Crippen molar-refractivity contribution in [3.63, 3.8) is 0 Å². The molecule has 0 bridgehead atoms. The van der Waals surface area contributed by atoms with Crippen LogP contribution < -0.4 is 14.8 Å². The third kappa shape index (κ3) is 3.94. The Balaban J connectivity index is 2.06. The van der Waals surface area contributed by atoms with E-state index in [-0.39, 0.29) is 11.9 Å². The van der Waals surface area contributed by atoms with Gasteiger partial charge in [0.15, 0.2) is 11.5 Å². The molecule has 0 saturated carbocycles. The first-order valence-electron chi connectivity index (χ1n) is 8.65. The van der Waals surface area contributed by atoms with Crippen LogP contribution in [0.5, 0.6) is 11.5 Å².